The predicted octanol–water partition coefficient (Wildman–Crippen LogP) is -0.900. The van der Waals surface area contributed by atoms with Crippen LogP contribution < -0.4 is 0 Å². The Bertz CT molecular complexity index is 49.7. The van der Waals surface area contributed by atoms with E-state index < -0.39 is 0 Å². The van der Waals surface area contributed by atoms with E-state index in [1.807, 2.05) is 0 Å². The van der Waals surface area contributed by atoms with Crippen molar-refractivity contribution in [3.63, 3.8) is 0 Å². The van der Waals surface area contributed by atoms with Gasteiger partial charge in [0.05, 0.1) is 0 Å². The van der Waals surface area contributed by atoms with Crippen molar-refractivity contribution < 1.29 is 49.2 Å². The molecule has 0 saturated carbocycles. The molecule has 0 unspecified atom stereocenters. The first-order chi connectivity index (χ1) is 4.24. The molecule has 62 valence electrons. The fourth-order valence-electron chi connectivity index (χ4n) is 0. The average Bonchev–Trinajstić information content (AvgIpc) is 1.70. The summed E-state index contributed by atoms with van der Waals surface area (Å²) in [4.78, 5) is 25.1. The van der Waals surface area contributed by atoms with Crippen LogP contribution in [0.1, 0.15) is 0 Å². The van der Waals surface area contributed by atoms with Crippen LogP contribution in [0.3, 0.4) is 0 Å². The molecule has 0 aliphatic rings. The van der Waals surface area contributed by atoms with Crippen molar-refractivity contribution in [2.24, 2.45) is 0 Å². The average molecular weight is 239 g/mol. The summed E-state index contributed by atoms with van der Waals surface area (Å²) in [6, 6.07) is 0. The SMILES string of the molecule is O=CO.O=CO.O=CO.[Ru]. The molecule has 0 radical (unpaired) electrons. The molecular weight excluding hydrogens is 233 g/mol. The molecule has 0 aliphatic heterocycles. The standard InChI is InChI=1S/3CH2O2.Ru/c3*2-1-3;/h3*1H,(H,2,3);. The first-order valence-electron chi connectivity index (χ1n) is 1.48. The summed E-state index contributed by atoms with van der Waals surface area (Å²) < 4.78 is 0. The summed E-state index contributed by atoms with van der Waals surface area (Å²) in [6.07, 6.45) is 0. The van der Waals surface area contributed by atoms with Crippen LogP contribution in [0.2, 0.25) is 0 Å². The first kappa shape index (κ1) is 23.0. The van der Waals surface area contributed by atoms with Crippen molar-refractivity contribution in [2.75, 3.05) is 0 Å². The van der Waals surface area contributed by atoms with Gasteiger partial charge in [-0.2, -0.15) is 0 Å². The molecule has 0 atom stereocenters. The molecular formula is C3H6O6Ru. The monoisotopic (exact) mass is 240 g/mol. The maximum absolute atomic E-state index is 8.36. The molecule has 0 aromatic heterocycles. The van der Waals surface area contributed by atoms with E-state index in [4.69, 9.17) is 29.7 Å². The van der Waals surface area contributed by atoms with Crippen molar-refractivity contribution in [1.82, 2.24) is 0 Å². The van der Waals surface area contributed by atoms with Crippen molar-refractivity contribution >= 4 is 19.4 Å². The van der Waals surface area contributed by atoms with Crippen molar-refractivity contribution in [3.8, 4) is 0 Å². The van der Waals surface area contributed by atoms with E-state index in [1.165, 1.54) is 0 Å². The smallest absolute Gasteiger partial charge is 0.290 e. The Morgan fingerprint density at radius 1 is 0.700 bits per heavy atom. The van der Waals surface area contributed by atoms with Crippen molar-refractivity contribution in [2.45, 2.75) is 0 Å². The van der Waals surface area contributed by atoms with Gasteiger partial charge in [0.15, 0.2) is 0 Å². The van der Waals surface area contributed by atoms with E-state index in [1.54, 1.807) is 0 Å². The van der Waals surface area contributed by atoms with E-state index >= 15 is 0 Å². The third-order valence-corrected chi connectivity index (χ3v) is 0. The topological polar surface area (TPSA) is 112 Å². The second kappa shape index (κ2) is 96.1. The predicted molar refractivity (Wildman–Crippen MR) is 26.1 cm³/mol. The zero-order valence-electron chi connectivity index (χ0n) is 4.65. The van der Waals surface area contributed by atoms with Gasteiger partial charge in [0.1, 0.15) is 0 Å². The summed E-state index contributed by atoms with van der Waals surface area (Å²) in [7, 11) is 0. The Morgan fingerprint density at radius 3 is 0.700 bits per heavy atom. The zero-order valence-corrected chi connectivity index (χ0v) is 6.39. The van der Waals surface area contributed by atoms with Crippen LogP contribution in [0.15, 0.2) is 0 Å². The Hall–Kier alpha value is -0.967. The van der Waals surface area contributed by atoms with Gasteiger partial charge in [-0.15, -0.1) is 0 Å². The Kier molecular flexibility index (Phi) is 221. The Labute approximate surface area is 69.2 Å². The van der Waals surface area contributed by atoms with E-state index in [0.29, 0.717) is 0 Å². The summed E-state index contributed by atoms with van der Waals surface area (Å²) >= 11 is 0. The first-order valence-corrected chi connectivity index (χ1v) is 1.48. The molecule has 0 aliphatic carbocycles. The van der Waals surface area contributed by atoms with Gasteiger partial charge in [0, 0.05) is 19.5 Å². The number of hydrogen-bond donors (Lipinski definition) is 3. The van der Waals surface area contributed by atoms with E-state index in [2.05, 4.69) is 0 Å². The summed E-state index contributed by atoms with van der Waals surface area (Å²) in [5.41, 5.74) is 0. The molecule has 0 amide bonds. The van der Waals surface area contributed by atoms with Crippen LogP contribution >= 0.6 is 0 Å². The van der Waals surface area contributed by atoms with Gasteiger partial charge < -0.3 is 15.3 Å². The second-order valence-electron chi connectivity index (χ2n) is 0.316. The summed E-state index contributed by atoms with van der Waals surface area (Å²) in [5.74, 6) is 0. The maximum atomic E-state index is 8.36. The van der Waals surface area contributed by atoms with E-state index in [9.17, 15) is 0 Å². The minimum absolute atomic E-state index is 0. The minimum atomic E-state index is -0.250. The minimum Gasteiger partial charge on any atom is -0.483 e. The zero-order chi connectivity index (χ0) is 8.12. The van der Waals surface area contributed by atoms with Crippen LogP contribution in [-0.4, -0.2) is 34.7 Å². The second-order valence-corrected chi connectivity index (χ2v) is 0.316. The largest absolute Gasteiger partial charge is 0.483 e. The quantitative estimate of drug-likeness (QED) is 0.373. The molecule has 7 heteroatoms. The van der Waals surface area contributed by atoms with E-state index in [-0.39, 0.29) is 38.9 Å². The maximum Gasteiger partial charge on any atom is 0.290 e. The molecule has 0 fully saturated rings. The van der Waals surface area contributed by atoms with Crippen LogP contribution in [0.25, 0.3) is 0 Å². The fourth-order valence-corrected chi connectivity index (χ4v) is 0. The third kappa shape index (κ3) is 274. The van der Waals surface area contributed by atoms with Gasteiger partial charge in [0.25, 0.3) is 19.4 Å². The van der Waals surface area contributed by atoms with Crippen LogP contribution in [0, 0.1) is 0 Å². The fraction of sp³-hybridized carbons (Fsp3) is 0. The van der Waals surface area contributed by atoms with Crippen molar-refractivity contribution in [3.05, 3.63) is 0 Å². The molecule has 0 aromatic rings. The molecule has 6 nitrogen and oxygen atoms in total. The normalized spacial score (nSPS) is 3.60. The van der Waals surface area contributed by atoms with Gasteiger partial charge in [-0.05, 0) is 0 Å². The Balaban J connectivity index is -0.0000000257. The molecule has 0 spiro atoms. The molecule has 0 saturated heterocycles. The van der Waals surface area contributed by atoms with Crippen LogP contribution in [-0.2, 0) is 33.9 Å². The number of carbonyl (C=O) groups is 3. The molecule has 0 heterocycles. The van der Waals surface area contributed by atoms with Gasteiger partial charge in [0.2, 0.25) is 0 Å². The van der Waals surface area contributed by atoms with Gasteiger partial charge in [-0.1, -0.05) is 0 Å². The molecule has 0 bridgehead atoms. The van der Waals surface area contributed by atoms with Gasteiger partial charge in [-0.3, -0.25) is 14.4 Å². The molecule has 10 heavy (non-hydrogen) atoms. The van der Waals surface area contributed by atoms with Crippen LogP contribution in [0.4, 0.5) is 0 Å². The van der Waals surface area contributed by atoms with Crippen molar-refractivity contribution in [1.29, 1.82) is 0 Å². The Morgan fingerprint density at radius 2 is 0.700 bits per heavy atom. The molecule has 0 rings (SSSR count). The van der Waals surface area contributed by atoms with Crippen LogP contribution in [0.5, 0.6) is 0 Å². The van der Waals surface area contributed by atoms with Gasteiger partial charge in [-0.25, -0.2) is 0 Å². The molecule has 0 aromatic carbocycles. The number of hydrogen-bond acceptors (Lipinski definition) is 3. The summed E-state index contributed by atoms with van der Waals surface area (Å²) in [6.45, 7) is -0.750. The van der Waals surface area contributed by atoms with E-state index in [0.717, 1.165) is 0 Å². The number of rotatable bonds is 0. The number of carboxylic acid groups (broad SMARTS) is 3. The van der Waals surface area contributed by atoms with Gasteiger partial charge >= 0.3 is 0 Å². The summed E-state index contributed by atoms with van der Waals surface area (Å²) in [5, 5.41) is 20.7. The molecule has 3 N–H and O–H groups in total. The third-order valence-electron chi connectivity index (χ3n) is 0.